The molecule has 3 aliphatic heterocycles. The number of anilines is 1. The van der Waals surface area contributed by atoms with Crippen molar-refractivity contribution in [1.29, 1.82) is 0 Å². The Balaban J connectivity index is 1.27. The molecule has 4 heterocycles. The Labute approximate surface area is 219 Å². The minimum absolute atomic E-state index is 0.00255. The quantitative estimate of drug-likeness (QED) is 0.484. The minimum Gasteiger partial charge on any atom is -0.352 e. The lowest BCUT2D eigenvalue weighted by Crippen LogP contribution is -2.62. The molecule has 2 aromatic rings. The van der Waals surface area contributed by atoms with Crippen molar-refractivity contribution in [2.24, 2.45) is 5.92 Å². The Kier molecular flexibility index (Phi) is 6.37. The zero-order valence-corrected chi connectivity index (χ0v) is 21.4. The Bertz CT molecular complexity index is 1270. The number of hydrogen-bond acceptors (Lipinski definition) is 6. The maximum atomic E-state index is 13.5. The number of nitrogens with zero attached hydrogens (tertiary/aromatic N) is 2. The van der Waals surface area contributed by atoms with Gasteiger partial charge in [0.15, 0.2) is 0 Å². The number of urea groups is 1. The molecule has 5 atom stereocenters. The largest absolute Gasteiger partial charge is 0.352 e. The minimum atomic E-state index is -0.230. The van der Waals surface area contributed by atoms with E-state index in [-0.39, 0.29) is 47.3 Å². The van der Waals surface area contributed by atoms with Gasteiger partial charge in [0.1, 0.15) is 0 Å². The zero-order valence-electron chi connectivity index (χ0n) is 20.6. The predicted octanol–water partition coefficient (Wildman–Crippen LogP) is 2.71. The van der Waals surface area contributed by atoms with E-state index in [1.807, 2.05) is 47.4 Å². The van der Waals surface area contributed by atoms with Crippen LogP contribution in [0.15, 0.2) is 59.3 Å². The van der Waals surface area contributed by atoms with Crippen LogP contribution in [-0.2, 0) is 9.59 Å². The van der Waals surface area contributed by atoms with Gasteiger partial charge in [0.2, 0.25) is 5.91 Å². The van der Waals surface area contributed by atoms with Crippen molar-refractivity contribution in [3.05, 3.63) is 59.3 Å². The Morgan fingerprint density at radius 2 is 1.86 bits per heavy atom. The second kappa shape index (κ2) is 9.83. The lowest BCUT2D eigenvalue weighted by molar-refractivity contribution is -0.121. The number of rotatable bonds is 5. The molecule has 0 spiro atoms. The molecule has 192 valence electrons. The van der Waals surface area contributed by atoms with Crippen LogP contribution in [0.2, 0.25) is 0 Å². The van der Waals surface area contributed by atoms with E-state index in [0.29, 0.717) is 10.6 Å². The molecule has 4 amide bonds. The van der Waals surface area contributed by atoms with Crippen LogP contribution in [-0.4, -0.2) is 52.9 Å². The number of carbonyl (C=O) groups is 3. The van der Waals surface area contributed by atoms with Crippen molar-refractivity contribution in [3.63, 3.8) is 0 Å². The summed E-state index contributed by atoms with van der Waals surface area (Å²) < 4.78 is 0. The van der Waals surface area contributed by atoms with Gasteiger partial charge in [0.05, 0.1) is 22.0 Å². The standard InChI is InChI=1S/C27H30N6O3S/c1-15(34)30-18-8-5-9-19(18)31-25(35)24-23-22-21(11-13-29-26(22)37-24)33(27(36)32-23)17-10-12-28-20(14-17)16-6-3-2-4-7-16/h2-4,6-7,10,12,14,18-19,21-22,26,29H,5,8-9,11,13H2,1H3,(H,30,34)(H,31,35)(H,32,36)/t18-,19+,21?,22?,26?/m0/s1. The van der Waals surface area contributed by atoms with Crippen LogP contribution in [0.1, 0.15) is 32.6 Å². The van der Waals surface area contributed by atoms with Gasteiger partial charge in [0.25, 0.3) is 5.91 Å². The second-order valence-corrected chi connectivity index (χ2v) is 11.2. The van der Waals surface area contributed by atoms with Crippen LogP contribution < -0.4 is 26.2 Å². The number of nitrogens with one attached hydrogen (secondary N) is 4. The first-order chi connectivity index (χ1) is 18.0. The maximum Gasteiger partial charge on any atom is 0.326 e. The number of benzene rings is 1. The highest BCUT2D eigenvalue weighted by Gasteiger charge is 2.52. The number of hydrogen-bond donors (Lipinski definition) is 4. The van der Waals surface area contributed by atoms with Crippen molar-refractivity contribution in [3.8, 4) is 11.3 Å². The lowest BCUT2D eigenvalue weighted by Gasteiger charge is -2.45. The van der Waals surface area contributed by atoms with Gasteiger partial charge in [-0.2, -0.15) is 0 Å². The fourth-order valence-electron chi connectivity index (χ4n) is 6.06. The van der Waals surface area contributed by atoms with Gasteiger partial charge in [-0.3, -0.25) is 19.5 Å². The van der Waals surface area contributed by atoms with Gasteiger partial charge in [-0.15, -0.1) is 0 Å². The monoisotopic (exact) mass is 518 g/mol. The molecule has 9 nitrogen and oxygen atoms in total. The number of carbonyl (C=O) groups excluding carboxylic acids is 3. The zero-order chi connectivity index (χ0) is 25.5. The van der Waals surface area contributed by atoms with Crippen LogP contribution in [0.5, 0.6) is 0 Å². The molecule has 2 saturated heterocycles. The summed E-state index contributed by atoms with van der Waals surface area (Å²) in [6.07, 6.45) is 5.14. The SMILES string of the molecule is CC(=O)N[C@H]1CCC[C@H]1NC(=O)C1=C2NC(=O)N(c3ccnc(-c4ccccc4)c3)C3CCNC(S1)C23. The average Bonchev–Trinajstić information content (AvgIpc) is 3.49. The third-order valence-corrected chi connectivity index (χ3v) is 9.01. The normalized spacial score (nSPS) is 28.5. The van der Waals surface area contributed by atoms with Crippen LogP contribution in [0.3, 0.4) is 0 Å². The topological polar surface area (TPSA) is 115 Å². The first-order valence-corrected chi connectivity index (χ1v) is 13.7. The molecule has 1 aromatic heterocycles. The van der Waals surface area contributed by atoms with Crippen LogP contribution in [0, 0.1) is 5.92 Å². The number of amides is 4. The highest BCUT2D eigenvalue weighted by molar-refractivity contribution is 8.04. The van der Waals surface area contributed by atoms with Crippen molar-refractivity contribution in [1.82, 2.24) is 26.3 Å². The molecule has 1 aromatic carbocycles. The van der Waals surface area contributed by atoms with E-state index < -0.39 is 0 Å². The van der Waals surface area contributed by atoms with E-state index in [0.717, 1.165) is 49.2 Å². The third kappa shape index (κ3) is 4.48. The van der Waals surface area contributed by atoms with Gasteiger partial charge in [-0.25, -0.2) is 4.79 Å². The van der Waals surface area contributed by atoms with Gasteiger partial charge >= 0.3 is 6.03 Å². The van der Waals surface area contributed by atoms with E-state index in [1.165, 1.54) is 18.7 Å². The molecular formula is C27H30N6O3S. The van der Waals surface area contributed by atoms with Gasteiger partial charge in [-0.1, -0.05) is 42.1 Å². The number of pyridine rings is 1. The summed E-state index contributed by atoms with van der Waals surface area (Å²) in [5.41, 5.74) is 3.30. The first-order valence-electron chi connectivity index (χ1n) is 12.8. The van der Waals surface area contributed by atoms with Crippen molar-refractivity contribution < 1.29 is 14.4 Å². The highest BCUT2D eigenvalue weighted by Crippen LogP contribution is 2.48. The molecule has 1 aliphatic carbocycles. The summed E-state index contributed by atoms with van der Waals surface area (Å²) in [7, 11) is 0. The molecule has 1 saturated carbocycles. The predicted molar refractivity (Wildman–Crippen MR) is 142 cm³/mol. The summed E-state index contributed by atoms with van der Waals surface area (Å²) in [5, 5.41) is 12.7. The van der Waals surface area contributed by atoms with E-state index >= 15 is 0 Å². The second-order valence-electron chi connectivity index (χ2n) is 10.0. The Hall–Kier alpha value is -3.37. The number of thioether (sulfide) groups is 1. The van der Waals surface area contributed by atoms with Crippen molar-refractivity contribution in [2.75, 3.05) is 11.4 Å². The average molecular weight is 519 g/mol. The lowest BCUT2D eigenvalue weighted by atomic mass is 9.86. The molecule has 37 heavy (non-hydrogen) atoms. The van der Waals surface area contributed by atoms with E-state index in [4.69, 9.17) is 0 Å². The third-order valence-electron chi connectivity index (χ3n) is 7.66. The van der Waals surface area contributed by atoms with Crippen LogP contribution >= 0.6 is 11.8 Å². The maximum absolute atomic E-state index is 13.5. The molecular weight excluding hydrogens is 488 g/mol. The molecule has 4 N–H and O–H groups in total. The Morgan fingerprint density at radius 3 is 2.65 bits per heavy atom. The van der Waals surface area contributed by atoms with Gasteiger partial charge < -0.3 is 21.3 Å². The summed E-state index contributed by atoms with van der Waals surface area (Å²) in [5.74, 6) is -0.297. The summed E-state index contributed by atoms with van der Waals surface area (Å²) in [6, 6.07) is 13.3. The van der Waals surface area contributed by atoms with Crippen LogP contribution in [0.4, 0.5) is 10.5 Å². The van der Waals surface area contributed by atoms with E-state index in [1.54, 1.807) is 6.20 Å². The number of aromatic nitrogens is 1. The molecule has 0 radical (unpaired) electrons. The van der Waals surface area contributed by atoms with E-state index in [9.17, 15) is 14.4 Å². The fraction of sp³-hybridized carbons (Fsp3) is 0.407. The van der Waals surface area contributed by atoms with Crippen molar-refractivity contribution in [2.45, 2.75) is 56.1 Å². The molecule has 10 heteroatoms. The van der Waals surface area contributed by atoms with Crippen molar-refractivity contribution >= 4 is 35.3 Å². The number of piperidine rings is 1. The summed E-state index contributed by atoms with van der Waals surface area (Å²) >= 11 is 1.49. The Morgan fingerprint density at radius 1 is 1.08 bits per heavy atom. The summed E-state index contributed by atoms with van der Waals surface area (Å²) in [6.45, 7) is 2.26. The molecule has 4 aliphatic rings. The van der Waals surface area contributed by atoms with E-state index in [2.05, 4.69) is 26.3 Å². The molecule has 3 fully saturated rings. The smallest absolute Gasteiger partial charge is 0.326 e. The summed E-state index contributed by atoms with van der Waals surface area (Å²) in [4.78, 5) is 45.5. The van der Waals surface area contributed by atoms with Gasteiger partial charge in [-0.05, 0) is 44.4 Å². The first kappa shape index (κ1) is 24.0. The fourth-order valence-corrected chi connectivity index (χ4v) is 7.46. The molecule has 6 rings (SSSR count). The highest BCUT2D eigenvalue weighted by atomic mass is 32.2. The van der Waals surface area contributed by atoms with Gasteiger partial charge in [0, 0.05) is 48.1 Å². The van der Waals surface area contributed by atoms with Crippen LogP contribution in [0.25, 0.3) is 11.3 Å². The molecule has 0 bridgehead atoms. The molecule has 3 unspecified atom stereocenters.